The van der Waals surface area contributed by atoms with Crippen LogP contribution in [0.4, 0.5) is 11.8 Å². The Morgan fingerprint density at radius 3 is 2.77 bits per heavy atom. The lowest BCUT2D eigenvalue weighted by Gasteiger charge is -2.32. The Labute approximate surface area is 176 Å². The van der Waals surface area contributed by atoms with Crippen LogP contribution in [0.2, 0.25) is 0 Å². The smallest absolute Gasteiger partial charge is 0.228 e. The molecule has 6 heteroatoms. The summed E-state index contributed by atoms with van der Waals surface area (Å²) in [7, 11) is 0. The molecular weight excluding hydrogens is 372 g/mol. The molecule has 3 aromatic heterocycles. The molecule has 0 bridgehead atoms. The molecule has 1 atom stereocenters. The Balaban J connectivity index is 1.28. The largest absolute Gasteiger partial charge is 0.309 e. The highest BCUT2D eigenvalue weighted by Gasteiger charge is 2.22. The van der Waals surface area contributed by atoms with E-state index in [4.69, 9.17) is 4.98 Å². The third-order valence-corrected chi connectivity index (χ3v) is 5.57. The Bertz CT molecular complexity index is 1130. The monoisotopic (exact) mass is 396 g/mol. The number of anilines is 2. The topological polar surface area (TPSA) is 66.8 Å². The van der Waals surface area contributed by atoms with E-state index in [2.05, 4.69) is 61.6 Å². The highest BCUT2D eigenvalue weighted by Crippen LogP contribution is 2.28. The van der Waals surface area contributed by atoms with Gasteiger partial charge in [-0.2, -0.15) is 0 Å². The van der Waals surface area contributed by atoms with Crippen LogP contribution in [0.5, 0.6) is 0 Å². The molecule has 1 aliphatic rings. The molecule has 1 aromatic carbocycles. The van der Waals surface area contributed by atoms with E-state index in [1.54, 1.807) is 18.5 Å². The van der Waals surface area contributed by atoms with Crippen molar-refractivity contribution in [2.75, 3.05) is 18.4 Å². The zero-order valence-corrected chi connectivity index (χ0v) is 16.8. The number of benzene rings is 1. The van der Waals surface area contributed by atoms with Gasteiger partial charge in [0.25, 0.3) is 0 Å². The standard InChI is InChI=1S/C24H24N6/c1-7-22(28-23(8-1)29-24-26-12-4-13-27-24)20-6-3-14-30(17-20)16-18-9-10-21-19(15-18)5-2-11-25-21/h1-2,4-5,7-13,15,20H,3,6,14,16-17H2,(H,26,27,28,29)/t20-/m1/s1. The van der Waals surface area contributed by atoms with Gasteiger partial charge in [-0.3, -0.25) is 9.88 Å². The number of hydrogen-bond acceptors (Lipinski definition) is 6. The van der Waals surface area contributed by atoms with Gasteiger partial charge in [0.2, 0.25) is 5.95 Å². The molecule has 150 valence electrons. The molecule has 1 saturated heterocycles. The second-order valence-corrected chi connectivity index (χ2v) is 7.75. The van der Waals surface area contributed by atoms with Gasteiger partial charge in [0.05, 0.1) is 5.52 Å². The first-order chi connectivity index (χ1) is 14.8. The van der Waals surface area contributed by atoms with Crippen molar-refractivity contribution in [2.24, 2.45) is 0 Å². The van der Waals surface area contributed by atoms with Crippen LogP contribution in [-0.2, 0) is 6.54 Å². The van der Waals surface area contributed by atoms with Crippen molar-refractivity contribution in [1.82, 2.24) is 24.8 Å². The zero-order valence-electron chi connectivity index (χ0n) is 16.8. The summed E-state index contributed by atoms with van der Waals surface area (Å²) in [5.74, 6) is 1.79. The van der Waals surface area contributed by atoms with Crippen LogP contribution in [0, 0.1) is 0 Å². The molecule has 5 rings (SSSR count). The number of hydrogen-bond donors (Lipinski definition) is 1. The second kappa shape index (κ2) is 8.55. The Kier molecular flexibility index (Phi) is 5.31. The molecule has 1 fully saturated rings. The van der Waals surface area contributed by atoms with Crippen molar-refractivity contribution in [1.29, 1.82) is 0 Å². The van der Waals surface area contributed by atoms with Crippen molar-refractivity contribution in [3.05, 3.63) is 84.4 Å². The van der Waals surface area contributed by atoms with Crippen LogP contribution in [0.1, 0.15) is 30.0 Å². The number of aromatic nitrogens is 4. The van der Waals surface area contributed by atoms with Crippen LogP contribution in [0.3, 0.4) is 0 Å². The number of rotatable bonds is 5. The van der Waals surface area contributed by atoms with Gasteiger partial charge >= 0.3 is 0 Å². The van der Waals surface area contributed by atoms with Crippen LogP contribution in [0.25, 0.3) is 10.9 Å². The van der Waals surface area contributed by atoms with Crippen molar-refractivity contribution < 1.29 is 0 Å². The van der Waals surface area contributed by atoms with E-state index in [1.807, 2.05) is 18.3 Å². The van der Waals surface area contributed by atoms with Gasteiger partial charge in [-0.25, -0.2) is 15.0 Å². The van der Waals surface area contributed by atoms with E-state index in [1.165, 1.54) is 17.4 Å². The van der Waals surface area contributed by atoms with Gasteiger partial charge in [-0.05, 0) is 61.3 Å². The summed E-state index contributed by atoms with van der Waals surface area (Å²) in [6.07, 6.45) is 7.64. The van der Waals surface area contributed by atoms with Crippen molar-refractivity contribution in [3.8, 4) is 0 Å². The number of piperidine rings is 1. The third-order valence-electron chi connectivity index (χ3n) is 5.57. The maximum absolute atomic E-state index is 4.85. The quantitative estimate of drug-likeness (QED) is 0.534. The van der Waals surface area contributed by atoms with Crippen molar-refractivity contribution >= 4 is 22.7 Å². The molecule has 4 aromatic rings. The summed E-state index contributed by atoms with van der Waals surface area (Å²) in [5, 5.41) is 4.40. The van der Waals surface area contributed by atoms with Crippen molar-refractivity contribution in [3.63, 3.8) is 0 Å². The first kappa shape index (κ1) is 18.6. The number of nitrogens with one attached hydrogen (secondary N) is 1. The molecule has 0 unspecified atom stereocenters. The number of pyridine rings is 2. The van der Waals surface area contributed by atoms with Crippen LogP contribution in [-0.4, -0.2) is 37.9 Å². The SMILES string of the molecule is c1cnc(Nc2cccc([C@@H]3CCCN(Cc4ccc5ncccc5c4)C3)n2)nc1. The normalized spacial score (nSPS) is 17.1. The molecule has 4 heterocycles. The summed E-state index contributed by atoms with van der Waals surface area (Å²) in [4.78, 5) is 20.2. The first-order valence-electron chi connectivity index (χ1n) is 10.4. The Morgan fingerprint density at radius 2 is 1.83 bits per heavy atom. The predicted octanol–water partition coefficient (Wildman–Crippen LogP) is 4.54. The fourth-order valence-electron chi connectivity index (χ4n) is 4.15. The summed E-state index contributed by atoms with van der Waals surface area (Å²) < 4.78 is 0. The lowest BCUT2D eigenvalue weighted by Crippen LogP contribution is -2.34. The maximum Gasteiger partial charge on any atom is 0.228 e. The highest BCUT2D eigenvalue weighted by molar-refractivity contribution is 5.78. The molecule has 6 nitrogen and oxygen atoms in total. The molecular formula is C24H24N6. The number of likely N-dealkylation sites (tertiary alicyclic amines) is 1. The van der Waals surface area contributed by atoms with E-state index in [-0.39, 0.29) is 0 Å². The van der Waals surface area contributed by atoms with Gasteiger partial charge in [0, 0.05) is 48.7 Å². The molecule has 0 aliphatic carbocycles. The first-order valence-corrected chi connectivity index (χ1v) is 10.4. The predicted molar refractivity (Wildman–Crippen MR) is 119 cm³/mol. The van der Waals surface area contributed by atoms with E-state index in [0.717, 1.165) is 43.1 Å². The van der Waals surface area contributed by atoms with E-state index in [9.17, 15) is 0 Å². The third kappa shape index (κ3) is 4.28. The summed E-state index contributed by atoms with van der Waals surface area (Å²) in [6, 6.07) is 18.7. The van der Waals surface area contributed by atoms with Crippen LogP contribution in [0.15, 0.2) is 73.2 Å². The molecule has 1 N–H and O–H groups in total. The fraction of sp³-hybridized carbons (Fsp3) is 0.250. The van der Waals surface area contributed by atoms with Crippen molar-refractivity contribution in [2.45, 2.75) is 25.3 Å². The lowest BCUT2D eigenvalue weighted by atomic mass is 9.94. The molecule has 0 radical (unpaired) electrons. The summed E-state index contributed by atoms with van der Waals surface area (Å²) in [5.41, 5.74) is 3.51. The van der Waals surface area contributed by atoms with Gasteiger partial charge in [0.15, 0.2) is 0 Å². The van der Waals surface area contributed by atoms with Gasteiger partial charge in [-0.1, -0.05) is 18.2 Å². The fourth-order valence-corrected chi connectivity index (χ4v) is 4.15. The zero-order chi connectivity index (χ0) is 20.2. The number of fused-ring (bicyclic) bond motifs is 1. The van der Waals surface area contributed by atoms with Gasteiger partial charge < -0.3 is 5.32 Å². The molecule has 0 saturated carbocycles. The second-order valence-electron chi connectivity index (χ2n) is 7.75. The van der Waals surface area contributed by atoms with Gasteiger partial charge in [-0.15, -0.1) is 0 Å². The Morgan fingerprint density at radius 1 is 0.933 bits per heavy atom. The molecule has 0 amide bonds. The van der Waals surface area contributed by atoms with Crippen LogP contribution >= 0.6 is 0 Å². The minimum absolute atomic E-state index is 0.430. The van der Waals surface area contributed by atoms with E-state index < -0.39 is 0 Å². The minimum Gasteiger partial charge on any atom is -0.309 e. The van der Waals surface area contributed by atoms with E-state index in [0.29, 0.717) is 11.9 Å². The maximum atomic E-state index is 4.85. The average molecular weight is 396 g/mol. The lowest BCUT2D eigenvalue weighted by molar-refractivity contribution is 0.198. The number of nitrogens with zero attached hydrogens (tertiary/aromatic N) is 5. The summed E-state index contributed by atoms with van der Waals surface area (Å²) >= 11 is 0. The molecule has 0 spiro atoms. The Hall–Kier alpha value is -3.38. The minimum atomic E-state index is 0.430. The average Bonchev–Trinajstić information content (AvgIpc) is 2.80. The van der Waals surface area contributed by atoms with E-state index >= 15 is 0 Å². The molecule has 1 aliphatic heterocycles. The van der Waals surface area contributed by atoms with Crippen LogP contribution < -0.4 is 5.32 Å². The molecule has 30 heavy (non-hydrogen) atoms. The van der Waals surface area contributed by atoms with Gasteiger partial charge in [0.1, 0.15) is 5.82 Å². The highest BCUT2D eigenvalue weighted by atomic mass is 15.1. The summed E-state index contributed by atoms with van der Waals surface area (Å²) in [6.45, 7) is 3.10.